The highest BCUT2D eigenvalue weighted by Crippen LogP contribution is 2.28. The fraction of sp³-hybridized carbons (Fsp3) is 0.667. The maximum atomic E-state index is 12.7. The van der Waals surface area contributed by atoms with Gasteiger partial charge in [0.05, 0.1) is 24.5 Å². The molecule has 156 valence electrons. The zero-order valence-corrected chi connectivity index (χ0v) is 17.5. The van der Waals surface area contributed by atoms with Gasteiger partial charge in [-0.05, 0) is 71.9 Å². The molecule has 7 nitrogen and oxygen atoms in total. The van der Waals surface area contributed by atoms with Crippen LogP contribution in [0.2, 0.25) is 0 Å². The third-order valence-electron chi connectivity index (χ3n) is 5.04. The fourth-order valence-corrected chi connectivity index (χ4v) is 3.43. The number of nitrogens with zero attached hydrogens (tertiary/aromatic N) is 2. The van der Waals surface area contributed by atoms with Gasteiger partial charge < -0.3 is 19.9 Å². The lowest BCUT2D eigenvalue weighted by atomic mass is 10.0. The first kappa shape index (κ1) is 20.9. The number of rotatable bonds is 5. The number of piperidine rings is 1. The quantitative estimate of drug-likeness (QED) is 0.612. The minimum Gasteiger partial charge on any atom is -0.381 e. The molecule has 0 aliphatic carbocycles. The van der Waals surface area contributed by atoms with Crippen molar-refractivity contribution in [2.24, 2.45) is 0 Å². The van der Waals surface area contributed by atoms with Crippen LogP contribution in [-0.4, -0.2) is 69.0 Å². The number of nitrogens with one attached hydrogen (secondary N) is 1. The Morgan fingerprint density at radius 1 is 1.14 bits per heavy atom. The number of ether oxygens (including phenoxy) is 1. The van der Waals surface area contributed by atoms with E-state index < -0.39 is 11.6 Å². The predicted octanol–water partition coefficient (Wildman–Crippen LogP) is 2.92. The van der Waals surface area contributed by atoms with Gasteiger partial charge in [0.15, 0.2) is 0 Å². The van der Waals surface area contributed by atoms with Crippen LogP contribution in [0.3, 0.4) is 0 Å². The summed E-state index contributed by atoms with van der Waals surface area (Å²) in [5.74, 6) is -0.473. The van der Waals surface area contributed by atoms with Gasteiger partial charge in [-0.25, -0.2) is 4.79 Å². The molecule has 2 aliphatic heterocycles. The van der Waals surface area contributed by atoms with Crippen molar-refractivity contribution in [1.82, 2.24) is 4.90 Å². The highest BCUT2D eigenvalue weighted by atomic mass is 17.2. The topological polar surface area (TPSA) is 63.3 Å². The second-order valence-electron chi connectivity index (χ2n) is 8.62. The molecule has 0 atom stereocenters. The molecular weight excluding hydrogens is 358 g/mol. The predicted molar refractivity (Wildman–Crippen MR) is 110 cm³/mol. The Kier molecular flexibility index (Phi) is 6.80. The SMILES string of the molecule is CN1CCC(Nc2cc(N3CCOCC3)ccc2C(=O)OOC(C)(C)C)CC1. The first-order valence-electron chi connectivity index (χ1n) is 10.1. The van der Waals surface area contributed by atoms with E-state index in [0.717, 1.165) is 63.6 Å². The highest BCUT2D eigenvalue weighted by Gasteiger charge is 2.23. The summed E-state index contributed by atoms with van der Waals surface area (Å²) in [6.45, 7) is 10.8. The molecule has 0 aromatic heterocycles. The van der Waals surface area contributed by atoms with E-state index in [4.69, 9.17) is 14.5 Å². The van der Waals surface area contributed by atoms with Gasteiger partial charge in [-0.2, -0.15) is 4.89 Å². The molecule has 1 aromatic carbocycles. The molecule has 0 unspecified atom stereocenters. The highest BCUT2D eigenvalue weighted by molar-refractivity contribution is 5.96. The summed E-state index contributed by atoms with van der Waals surface area (Å²) in [5.41, 5.74) is 1.85. The van der Waals surface area contributed by atoms with Crippen molar-refractivity contribution in [3.05, 3.63) is 23.8 Å². The third-order valence-corrected chi connectivity index (χ3v) is 5.04. The Morgan fingerprint density at radius 3 is 2.46 bits per heavy atom. The van der Waals surface area contributed by atoms with E-state index in [1.807, 2.05) is 32.9 Å². The second-order valence-corrected chi connectivity index (χ2v) is 8.62. The Morgan fingerprint density at radius 2 is 1.82 bits per heavy atom. The van der Waals surface area contributed by atoms with Crippen molar-refractivity contribution in [2.45, 2.75) is 45.3 Å². The molecule has 7 heteroatoms. The molecule has 0 saturated carbocycles. The summed E-state index contributed by atoms with van der Waals surface area (Å²) in [7, 11) is 2.14. The Balaban J connectivity index is 1.79. The van der Waals surface area contributed by atoms with Crippen LogP contribution in [0.1, 0.15) is 44.0 Å². The van der Waals surface area contributed by atoms with Crippen LogP contribution in [0.4, 0.5) is 11.4 Å². The number of hydrogen-bond donors (Lipinski definition) is 1. The van der Waals surface area contributed by atoms with Crippen LogP contribution >= 0.6 is 0 Å². The molecule has 2 saturated heterocycles. The molecule has 0 amide bonds. The Hall–Kier alpha value is -1.83. The summed E-state index contributed by atoms with van der Waals surface area (Å²) in [4.78, 5) is 27.6. The van der Waals surface area contributed by atoms with Crippen LogP contribution < -0.4 is 10.2 Å². The standard InChI is InChI=1S/C21H33N3O4/c1-21(2,3)28-27-20(25)18-6-5-17(24-11-13-26-14-12-24)15-19(18)22-16-7-9-23(4)10-8-16/h5-6,15-16,22H,7-14H2,1-4H3. The van der Waals surface area contributed by atoms with Crippen molar-refractivity contribution in [2.75, 3.05) is 56.7 Å². The van der Waals surface area contributed by atoms with E-state index in [9.17, 15) is 4.79 Å². The van der Waals surface area contributed by atoms with E-state index in [0.29, 0.717) is 11.6 Å². The molecule has 28 heavy (non-hydrogen) atoms. The molecule has 0 radical (unpaired) electrons. The van der Waals surface area contributed by atoms with E-state index in [1.165, 1.54) is 0 Å². The van der Waals surface area contributed by atoms with Gasteiger partial charge in [0, 0.05) is 24.8 Å². The van der Waals surface area contributed by atoms with Crippen molar-refractivity contribution in [3.8, 4) is 0 Å². The van der Waals surface area contributed by atoms with Gasteiger partial charge in [0.25, 0.3) is 0 Å². The normalized spacial score (nSPS) is 19.5. The summed E-state index contributed by atoms with van der Waals surface area (Å²) in [6, 6.07) is 6.19. The van der Waals surface area contributed by atoms with Crippen molar-refractivity contribution < 1.29 is 19.3 Å². The zero-order chi connectivity index (χ0) is 20.1. The monoisotopic (exact) mass is 391 g/mol. The lowest BCUT2D eigenvalue weighted by molar-refractivity contribution is -0.301. The minimum atomic E-state index is -0.551. The van der Waals surface area contributed by atoms with Gasteiger partial charge in [-0.3, -0.25) is 4.89 Å². The van der Waals surface area contributed by atoms with E-state index in [-0.39, 0.29) is 0 Å². The molecule has 2 heterocycles. The van der Waals surface area contributed by atoms with Gasteiger partial charge in [-0.15, -0.1) is 0 Å². The lowest BCUT2D eigenvalue weighted by Crippen LogP contribution is -2.37. The maximum Gasteiger partial charge on any atom is 0.375 e. The van der Waals surface area contributed by atoms with E-state index in [1.54, 1.807) is 0 Å². The first-order valence-corrected chi connectivity index (χ1v) is 10.1. The summed E-state index contributed by atoms with van der Waals surface area (Å²) in [5, 5.41) is 3.59. The Labute approximate surface area is 167 Å². The van der Waals surface area contributed by atoms with Crippen LogP contribution in [0.5, 0.6) is 0 Å². The lowest BCUT2D eigenvalue weighted by Gasteiger charge is -2.32. The summed E-state index contributed by atoms with van der Waals surface area (Å²) >= 11 is 0. The van der Waals surface area contributed by atoms with Gasteiger partial charge in [0.2, 0.25) is 0 Å². The number of benzene rings is 1. The third kappa shape index (κ3) is 5.83. The molecule has 1 aromatic rings. The average Bonchev–Trinajstić information content (AvgIpc) is 2.68. The van der Waals surface area contributed by atoms with Crippen molar-refractivity contribution >= 4 is 17.3 Å². The smallest absolute Gasteiger partial charge is 0.375 e. The van der Waals surface area contributed by atoms with Crippen LogP contribution in [0.15, 0.2) is 18.2 Å². The van der Waals surface area contributed by atoms with Crippen LogP contribution in [0, 0.1) is 0 Å². The molecular formula is C21H33N3O4. The summed E-state index contributed by atoms with van der Waals surface area (Å²) in [6.07, 6.45) is 2.09. The largest absolute Gasteiger partial charge is 0.381 e. The van der Waals surface area contributed by atoms with Crippen LogP contribution in [-0.2, 0) is 14.5 Å². The second kappa shape index (κ2) is 9.11. The molecule has 1 N–H and O–H groups in total. The number of anilines is 2. The number of likely N-dealkylation sites (tertiary alicyclic amines) is 1. The zero-order valence-electron chi connectivity index (χ0n) is 17.5. The molecule has 0 bridgehead atoms. The van der Waals surface area contributed by atoms with Crippen LogP contribution in [0.25, 0.3) is 0 Å². The minimum absolute atomic E-state index is 0.339. The Bertz CT molecular complexity index is 660. The van der Waals surface area contributed by atoms with Crippen molar-refractivity contribution in [1.29, 1.82) is 0 Å². The van der Waals surface area contributed by atoms with Gasteiger partial charge >= 0.3 is 5.97 Å². The fourth-order valence-electron chi connectivity index (χ4n) is 3.43. The van der Waals surface area contributed by atoms with Gasteiger partial charge in [0.1, 0.15) is 5.60 Å². The molecule has 3 rings (SSSR count). The molecule has 0 spiro atoms. The molecule has 2 fully saturated rings. The summed E-state index contributed by atoms with van der Waals surface area (Å²) < 4.78 is 5.46. The first-order chi connectivity index (χ1) is 13.3. The number of carbonyl (C=O) groups excluding carboxylic acids is 1. The number of morpholine rings is 1. The average molecular weight is 392 g/mol. The number of hydrogen-bond acceptors (Lipinski definition) is 7. The van der Waals surface area contributed by atoms with E-state index >= 15 is 0 Å². The van der Waals surface area contributed by atoms with Crippen molar-refractivity contribution in [3.63, 3.8) is 0 Å². The maximum absolute atomic E-state index is 12.7. The van der Waals surface area contributed by atoms with Gasteiger partial charge in [-0.1, -0.05) is 0 Å². The number of carbonyl (C=O) groups is 1. The van der Waals surface area contributed by atoms with E-state index in [2.05, 4.69) is 28.2 Å². The molecule has 2 aliphatic rings.